The third kappa shape index (κ3) is 3.24. The van der Waals surface area contributed by atoms with Crippen LogP contribution >= 0.6 is 0 Å². The Morgan fingerprint density at radius 3 is 2.73 bits per heavy atom. The van der Waals surface area contributed by atoms with Crippen molar-refractivity contribution in [3.8, 4) is 0 Å². The molecule has 1 aliphatic rings. The number of benzene rings is 1. The fraction of sp³-hybridized carbons (Fsp3) is 0.286. The van der Waals surface area contributed by atoms with Gasteiger partial charge >= 0.3 is 6.18 Å². The van der Waals surface area contributed by atoms with Crippen molar-refractivity contribution in [2.75, 3.05) is 18.0 Å². The van der Waals surface area contributed by atoms with Crippen molar-refractivity contribution in [3.63, 3.8) is 0 Å². The van der Waals surface area contributed by atoms with Crippen LogP contribution in [0, 0.1) is 5.82 Å². The normalized spacial score (nSPS) is 17.7. The maximum atomic E-state index is 13.6. The van der Waals surface area contributed by atoms with Gasteiger partial charge in [-0.1, -0.05) is 0 Å². The van der Waals surface area contributed by atoms with E-state index < -0.39 is 11.7 Å². The number of halogens is 4. The molecule has 3 aromatic heterocycles. The van der Waals surface area contributed by atoms with E-state index in [2.05, 4.69) is 20.1 Å². The van der Waals surface area contributed by atoms with Gasteiger partial charge in [0.05, 0.1) is 11.1 Å². The minimum absolute atomic E-state index is 0.0825. The number of aromatic nitrogens is 4. The SMILES string of the molecule is Fc1ccc2c(N3CCCC(c4nnc5ccc(C(F)(F)F)cn45)C3)ccnc2c1. The van der Waals surface area contributed by atoms with Gasteiger partial charge in [0, 0.05) is 48.5 Å². The Morgan fingerprint density at radius 1 is 1.03 bits per heavy atom. The van der Waals surface area contributed by atoms with Crippen molar-refractivity contribution in [3.05, 3.63) is 66.0 Å². The third-order valence-corrected chi connectivity index (χ3v) is 5.57. The van der Waals surface area contributed by atoms with E-state index in [-0.39, 0.29) is 11.7 Å². The lowest BCUT2D eigenvalue weighted by Gasteiger charge is -2.34. The second kappa shape index (κ2) is 6.93. The molecule has 4 aromatic rings. The van der Waals surface area contributed by atoms with Crippen LogP contribution in [0.1, 0.15) is 30.1 Å². The molecule has 30 heavy (non-hydrogen) atoms. The summed E-state index contributed by atoms with van der Waals surface area (Å²) >= 11 is 0. The number of fused-ring (bicyclic) bond motifs is 2. The summed E-state index contributed by atoms with van der Waals surface area (Å²) in [7, 11) is 0. The van der Waals surface area contributed by atoms with Gasteiger partial charge in [-0.25, -0.2) is 4.39 Å². The molecule has 1 aromatic carbocycles. The zero-order valence-electron chi connectivity index (χ0n) is 15.8. The predicted octanol–water partition coefficient (Wildman–Crippen LogP) is 4.82. The van der Waals surface area contributed by atoms with E-state index in [1.807, 2.05) is 6.07 Å². The van der Waals surface area contributed by atoms with Crippen LogP contribution < -0.4 is 4.90 Å². The van der Waals surface area contributed by atoms with Gasteiger partial charge < -0.3 is 4.90 Å². The average Bonchev–Trinajstić information content (AvgIpc) is 3.16. The molecule has 0 radical (unpaired) electrons. The lowest BCUT2D eigenvalue weighted by Crippen LogP contribution is -2.35. The van der Waals surface area contributed by atoms with E-state index in [0.717, 1.165) is 42.7 Å². The van der Waals surface area contributed by atoms with Crippen molar-refractivity contribution in [2.45, 2.75) is 24.9 Å². The van der Waals surface area contributed by atoms with Crippen LogP contribution in [-0.4, -0.2) is 32.7 Å². The highest BCUT2D eigenvalue weighted by atomic mass is 19.4. The van der Waals surface area contributed by atoms with Crippen LogP contribution in [0.15, 0.2) is 48.8 Å². The number of piperidine rings is 1. The number of nitrogens with zero attached hydrogens (tertiary/aromatic N) is 5. The molecular formula is C21H17F4N5. The highest BCUT2D eigenvalue weighted by molar-refractivity contribution is 5.91. The lowest BCUT2D eigenvalue weighted by atomic mass is 9.96. The summed E-state index contributed by atoms with van der Waals surface area (Å²) < 4.78 is 54.5. The summed E-state index contributed by atoms with van der Waals surface area (Å²) in [5.41, 5.74) is 1.15. The quantitative estimate of drug-likeness (QED) is 0.441. The van der Waals surface area contributed by atoms with E-state index in [1.54, 1.807) is 12.3 Å². The first-order valence-corrected chi connectivity index (χ1v) is 9.61. The standard InChI is InChI=1S/C21H17F4N5/c22-15-4-5-16-17(10-15)26-8-7-18(16)29-9-1-2-13(11-29)20-28-27-19-6-3-14(12-30(19)20)21(23,24)25/h3-8,10,12-13H,1-2,9,11H2. The van der Waals surface area contributed by atoms with Crippen LogP contribution in [0.4, 0.5) is 23.2 Å². The number of hydrogen-bond donors (Lipinski definition) is 0. The first kappa shape index (κ1) is 18.8. The predicted molar refractivity (Wildman–Crippen MR) is 104 cm³/mol. The second-order valence-corrected chi connectivity index (χ2v) is 7.48. The van der Waals surface area contributed by atoms with Crippen molar-refractivity contribution in [1.82, 2.24) is 19.6 Å². The Hall–Kier alpha value is -3.23. The Balaban J connectivity index is 1.51. The molecular weight excluding hydrogens is 398 g/mol. The van der Waals surface area contributed by atoms with E-state index in [9.17, 15) is 17.6 Å². The minimum Gasteiger partial charge on any atom is -0.370 e. The average molecular weight is 415 g/mol. The second-order valence-electron chi connectivity index (χ2n) is 7.48. The summed E-state index contributed by atoms with van der Waals surface area (Å²) in [6.45, 7) is 1.37. The van der Waals surface area contributed by atoms with Crippen LogP contribution in [0.25, 0.3) is 16.6 Å². The highest BCUT2D eigenvalue weighted by Crippen LogP contribution is 2.34. The van der Waals surface area contributed by atoms with Gasteiger partial charge in [-0.05, 0) is 43.2 Å². The molecule has 5 rings (SSSR count). The summed E-state index contributed by atoms with van der Waals surface area (Å²) in [4.78, 5) is 6.40. The van der Waals surface area contributed by atoms with Crippen LogP contribution in [-0.2, 0) is 6.18 Å². The Morgan fingerprint density at radius 2 is 1.90 bits per heavy atom. The highest BCUT2D eigenvalue weighted by Gasteiger charge is 2.32. The molecule has 1 fully saturated rings. The number of pyridine rings is 2. The Labute approximate surface area is 169 Å². The molecule has 0 bridgehead atoms. The molecule has 0 spiro atoms. The molecule has 154 valence electrons. The summed E-state index contributed by atoms with van der Waals surface area (Å²) in [6.07, 6.45) is -0.0781. The molecule has 1 saturated heterocycles. The molecule has 0 saturated carbocycles. The van der Waals surface area contributed by atoms with E-state index >= 15 is 0 Å². The van der Waals surface area contributed by atoms with Gasteiger partial charge in [-0.15, -0.1) is 10.2 Å². The van der Waals surface area contributed by atoms with Crippen molar-refractivity contribution >= 4 is 22.2 Å². The zero-order chi connectivity index (χ0) is 20.9. The van der Waals surface area contributed by atoms with Crippen molar-refractivity contribution in [2.24, 2.45) is 0 Å². The van der Waals surface area contributed by atoms with E-state index in [1.165, 1.54) is 22.6 Å². The van der Waals surface area contributed by atoms with Gasteiger partial charge in [-0.2, -0.15) is 13.2 Å². The Kier molecular flexibility index (Phi) is 4.34. The number of anilines is 1. The summed E-state index contributed by atoms with van der Waals surface area (Å²) in [6, 6.07) is 8.74. The van der Waals surface area contributed by atoms with Gasteiger partial charge in [0.15, 0.2) is 5.65 Å². The third-order valence-electron chi connectivity index (χ3n) is 5.57. The number of hydrogen-bond acceptors (Lipinski definition) is 4. The number of alkyl halides is 3. The summed E-state index contributed by atoms with van der Waals surface area (Å²) in [5, 5.41) is 9.09. The van der Waals surface area contributed by atoms with Gasteiger partial charge in [0.1, 0.15) is 11.6 Å². The molecule has 1 atom stereocenters. The lowest BCUT2D eigenvalue weighted by molar-refractivity contribution is -0.137. The molecule has 0 N–H and O–H groups in total. The maximum absolute atomic E-state index is 13.6. The Bertz CT molecular complexity index is 1230. The smallest absolute Gasteiger partial charge is 0.370 e. The first-order chi connectivity index (χ1) is 14.4. The maximum Gasteiger partial charge on any atom is 0.417 e. The topological polar surface area (TPSA) is 46.3 Å². The van der Waals surface area contributed by atoms with Gasteiger partial charge in [0.25, 0.3) is 0 Å². The molecule has 9 heteroatoms. The van der Waals surface area contributed by atoms with Crippen LogP contribution in [0.5, 0.6) is 0 Å². The molecule has 1 unspecified atom stereocenters. The van der Waals surface area contributed by atoms with Gasteiger partial charge in [-0.3, -0.25) is 9.38 Å². The fourth-order valence-corrected chi connectivity index (χ4v) is 4.14. The molecule has 1 aliphatic heterocycles. The molecule has 0 amide bonds. The number of rotatable bonds is 2. The van der Waals surface area contributed by atoms with Crippen molar-refractivity contribution in [1.29, 1.82) is 0 Å². The first-order valence-electron chi connectivity index (χ1n) is 9.61. The van der Waals surface area contributed by atoms with E-state index in [0.29, 0.717) is 23.5 Å². The minimum atomic E-state index is -4.43. The fourth-order valence-electron chi connectivity index (χ4n) is 4.14. The zero-order valence-corrected chi connectivity index (χ0v) is 15.8. The molecule has 5 nitrogen and oxygen atoms in total. The van der Waals surface area contributed by atoms with Crippen LogP contribution in [0.3, 0.4) is 0 Å². The largest absolute Gasteiger partial charge is 0.417 e. The molecule has 4 heterocycles. The molecule has 0 aliphatic carbocycles. The van der Waals surface area contributed by atoms with Crippen molar-refractivity contribution < 1.29 is 17.6 Å². The van der Waals surface area contributed by atoms with E-state index in [4.69, 9.17) is 0 Å². The monoisotopic (exact) mass is 415 g/mol. The van der Waals surface area contributed by atoms with Crippen LogP contribution in [0.2, 0.25) is 0 Å². The summed E-state index contributed by atoms with van der Waals surface area (Å²) in [5.74, 6) is 0.0881. The van der Waals surface area contributed by atoms with Gasteiger partial charge in [0.2, 0.25) is 0 Å².